The molecular formula is C22H18ClF3N3O7+. The summed E-state index contributed by atoms with van der Waals surface area (Å²) < 4.78 is 56.7. The number of halogens is 4. The van der Waals surface area contributed by atoms with Gasteiger partial charge in [-0.15, -0.1) is 18.1 Å². The van der Waals surface area contributed by atoms with E-state index in [-0.39, 0.29) is 17.8 Å². The highest BCUT2D eigenvalue weighted by Gasteiger charge is 2.56. The van der Waals surface area contributed by atoms with Gasteiger partial charge in [0.05, 0.1) is 14.2 Å². The van der Waals surface area contributed by atoms with E-state index in [9.17, 15) is 27.6 Å². The number of esters is 1. The van der Waals surface area contributed by atoms with Crippen LogP contribution in [0.1, 0.15) is 11.1 Å². The first-order valence-corrected chi connectivity index (χ1v) is 10.6. The fourth-order valence-electron chi connectivity index (χ4n) is 3.96. The van der Waals surface area contributed by atoms with Crippen LogP contribution in [-0.2, 0) is 25.4 Å². The lowest BCUT2D eigenvalue weighted by Crippen LogP contribution is -3.14. The van der Waals surface area contributed by atoms with Gasteiger partial charge in [-0.05, 0) is 29.8 Å². The zero-order valence-electron chi connectivity index (χ0n) is 18.7. The first kappa shape index (κ1) is 25.4. The number of rotatable bonds is 3. The van der Waals surface area contributed by atoms with Gasteiger partial charge in [-0.2, -0.15) is 14.9 Å². The largest absolute Gasteiger partial charge is 0.573 e. The molecule has 1 N–H and O–H groups in total. The van der Waals surface area contributed by atoms with Gasteiger partial charge in [0.2, 0.25) is 5.60 Å². The summed E-state index contributed by atoms with van der Waals surface area (Å²) in [5.74, 6) is -1.29. The number of hydrazone groups is 1. The van der Waals surface area contributed by atoms with Crippen molar-refractivity contribution in [2.75, 3.05) is 21.0 Å². The number of nitrogens with zero attached hydrogens (tertiary/aromatic N) is 2. The number of fused-ring (bicyclic) bond motifs is 3. The number of carbonyl (C=O) groups is 3. The van der Waals surface area contributed by atoms with Crippen LogP contribution in [-0.4, -0.2) is 61.7 Å². The molecule has 190 valence electrons. The Morgan fingerprint density at radius 2 is 1.81 bits per heavy atom. The normalized spacial score (nSPS) is 19.5. The van der Waals surface area contributed by atoms with Gasteiger partial charge in [0.15, 0.2) is 12.4 Å². The van der Waals surface area contributed by atoms with Crippen LogP contribution in [0.2, 0.25) is 5.02 Å². The van der Waals surface area contributed by atoms with Gasteiger partial charge >= 0.3 is 24.5 Å². The van der Waals surface area contributed by atoms with Crippen LogP contribution in [0.5, 0.6) is 5.75 Å². The molecule has 4 rings (SSSR count). The van der Waals surface area contributed by atoms with Crippen molar-refractivity contribution in [2.45, 2.75) is 18.4 Å². The van der Waals surface area contributed by atoms with E-state index in [2.05, 4.69) is 9.84 Å². The summed E-state index contributed by atoms with van der Waals surface area (Å²) in [7, 11) is 2.22. The minimum absolute atomic E-state index is 0.0509. The van der Waals surface area contributed by atoms with Crippen molar-refractivity contribution in [3.8, 4) is 5.75 Å². The zero-order valence-corrected chi connectivity index (χ0v) is 19.5. The Labute approximate surface area is 206 Å². The SMILES string of the molecule is COC(=O)[NH+](C(=O)N1COC2(C(=O)OC)Cc3cc(Cl)ccc3C2=N1)c1ccc(OC(F)(F)F)cc1. The molecule has 10 nitrogen and oxygen atoms in total. The lowest BCUT2D eigenvalue weighted by Gasteiger charge is -2.34. The molecule has 2 aromatic rings. The van der Waals surface area contributed by atoms with E-state index in [1.165, 1.54) is 7.11 Å². The molecule has 0 spiro atoms. The van der Waals surface area contributed by atoms with E-state index in [4.69, 9.17) is 25.8 Å². The van der Waals surface area contributed by atoms with E-state index in [1.807, 2.05) is 0 Å². The Morgan fingerprint density at radius 3 is 2.42 bits per heavy atom. The summed E-state index contributed by atoms with van der Waals surface area (Å²) in [6, 6.07) is 7.92. The number of nitrogens with one attached hydrogen (secondary N) is 1. The highest BCUT2D eigenvalue weighted by atomic mass is 35.5. The zero-order chi connectivity index (χ0) is 26.3. The predicted octanol–water partition coefficient (Wildman–Crippen LogP) is 2.80. The van der Waals surface area contributed by atoms with E-state index in [0.717, 1.165) is 36.4 Å². The van der Waals surface area contributed by atoms with Crippen LogP contribution in [0, 0.1) is 0 Å². The molecule has 0 aromatic heterocycles. The number of imide groups is 1. The van der Waals surface area contributed by atoms with Crippen molar-refractivity contribution in [1.82, 2.24) is 5.01 Å². The van der Waals surface area contributed by atoms with E-state index >= 15 is 0 Å². The molecule has 2 atom stereocenters. The molecular weight excluding hydrogens is 511 g/mol. The molecule has 14 heteroatoms. The van der Waals surface area contributed by atoms with Crippen molar-refractivity contribution in [1.29, 1.82) is 0 Å². The lowest BCUT2D eigenvalue weighted by atomic mass is 9.97. The van der Waals surface area contributed by atoms with Crippen LogP contribution < -0.4 is 9.64 Å². The highest BCUT2D eigenvalue weighted by molar-refractivity contribution is 6.31. The van der Waals surface area contributed by atoms with Crippen molar-refractivity contribution in [2.24, 2.45) is 5.10 Å². The van der Waals surface area contributed by atoms with Gasteiger partial charge in [-0.25, -0.2) is 9.59 Å². The standard InChI is InChI=1S/C22H17ClF3N3O7/c1-33-18(30)21-10-12-9-13(23)3-8-16(12)17(21)27-28(11-35-21)19(31)29(20(32)34-2)14-4-6-15(7-5-14)36-22(24,25)26/h3-9H,10-11H2,1-2H3/p+1. The fourth-order valence-corrected chi connectivity index (χ4v) is 4.16. The maximum Gasteiger partial charge on any atom is 0.573 e. The summed E-state index contributed by atoms with van der Waals surface area (Å²) >= 11 is 6.08. The number of ether oxygens (including phenoxy) is 4. The van der Waals surface area contributed by atoms with E-state index in [1.54, 1.807) is 18.2 Å². The molecule has 1 aliphatic carbocycles. The monoisotopic (exact) mass is 528 g/mol. The predicted molar refractivity (Wildman–Crippen MR) is 116 cm³/mol. The molecule has 0 radical (unpaired) electrons. The number of amides is 3. The average Bonchev–Trinajstić information content (AvgIpc) is 3.17. The number of urea groups is 1. The summed E-state index contributed by atoms with van der Waals surface area (Å²) in [6.07, 6.45) is -5.92. The first-order chi connectivity index (χ1) is 17.0. The number of alkyl halides is 3. The number of hydrogen-bond acceptors (Lipinski definition) is 8. The van der Waals surface area contributed by atoms with Gasteiger partial charge < -0.3 is 18.9 Å². The number of alkyl carbamates (subject to hydrolysis) is 1. The van der Waals surface area contributed by atoms with Crippen LogP contribution in [0.25, 0.3) is 0 Å². The minimum Gasteiger partial charge on any atom is -0.467 e. The second-order valence-corrected chi connectivity index (χ2v) is 8.10. The number of hydrogen-bond donors (Lipinski definition) is 1. The van der Waals surface area contributed by atoms with Gasteiger partial charge in [0.25, 0.3) is 0 Å². The number of quaternary nitrogens is 1. The fraction of sp³-hybridized carbons (Fsp3) is 0.273. The van der Waals surface area contributed by atoms with Crippen LogP contribution in [0.15, 0.2) is 47.6 Å². The third kappa shape index (κ3) is 4.59. The Balaban J connectivity index is 1.70. The van der Waals surface area contributed by atoms with Crippen LogP contribution in [0.4, 0.5) is 28.4 Å². The molecule has 0 fully saturated rings. The molecule has 3 amide bonds. The lowest BCUT2D eigenvalue weighted by molar-refractivity contribution is -0.664. The molecule has 0 saturated heterocycles. The summed E-state index contributed by atoms with van der Waals surface area (Å²) in [5.41, 5.74) is -0.460. The van der Waals surface area contributed by atoms with E-state index in [0.29, 0.717) is 16.1 Å². The Morgan fingerprint density at radius 1 is 1.11 bits per heavy atom. The van der Waals surface area contributed by atoms with Crippen molar-refractivity contribution >= 4 is 41.1 Å². The van der Waals surface area contributed by atoms with Gasteiger partial charge in [-0.1, -0.05) is 17.7 Å². The molecule has 0 saturated carbocycles. The maximum atomic E-state index is 13.4. The quantitative estimate of drug-likeness (QED) is 0.610. The summed E-state index contributed by atoms with van der Waals surface area (Å²) in [6.45, 7) is -0.533. The Kier molecular flexibility index (Phi) is 6.64. The van der Waals surface area contributed by atoms with Gasteiger partial charge in [-0.3, -0.25) is 0 Å². The number of methoxy groups -OCH3 is 2. The topological polar surface area (TPSA) is 108 Å². The van der Waals surface area contributed by atoms with Crippen LogP contribution in [0.3, 0.4) is 0 Å². The third-order valence-electron chi connectivity index (χ3n) is 5.53. The highest BCUT2D eigenvalue weighted by Crippen LogP contribution is 2.38. The Bertz CT molecular complexity index is 1250. The van der Waals surface area contributed by atoms with Crippen LogP contribution >= 0.6 is 11.6 Å². The van der Waals surface area contributed by atoms with Gasteiger partial charge in [0.1, 0.15) is 11.5 Å². The minimum atomic E-state index is -4.92. The summed E-state index contributed by atoms with van der Waals surface area (Å²) in [4.78, 5) is 38.0. The second-order valence-electron chi connectivity index (χ2n) is 7.66. The van der Waals surface area contributed by atoms with Gasteiger partial charge in [0, 0.05) is 29.1 Å². The molecule has 1 heterocycles. The Hall–Kier alpha value is -3.68. The van der Waals surface area contributed by atoms with Crippen molar-refractivity contribution < 1.29 is 51.4 Å². The average molecular weight is 529 g/mol. The molecule has 36 heavy (non-hydrogen) atoms. The number of benzene rings is 2. The third-order valence-corrected chi connectivity index (χ3v) is 5.76. The van der Waals surface area contributed by atoms with E-state index < -0.39 is 47.4 Å². The first-order valence-electron chi connectivity index (χ1n) is 10.2. The van der Waals surface area contributed by atoms with Crippen molar-refractivity contribution in [3.63, 3.8) is 0 Å². The molecule has 2 unspecified atom stereocenters. The smallest absolute Gasteiger partial charge is 0.467 e. The molecule has 1 aliphatic heterocycles. The molecule has 2 aromatic carbocycles. The second kappa shape index (κ2) is 9.41. The molecule has 0 bridgehead atoms. The number of carbonyl (C=O) groups excluding carboxylic acids is 3. The molecule has 2 aliphatic rings. The maximum absolute atomic E-state index is 13.4. The van der Waals surface area contributed by atoms with Crippen molar-refractivity contribution in [3.05, 3.63) is 58.6 Å². The summed E-state index contributed by atoms with van der Waals surface area (Å²) in [5, 5.41) is 5.54.